The van der Waals surface area contributed by atoms with Gasteiger partial charge in [0, 0.05) is 0 Å². The fraction of sp³-hybridized carbons (Fsp3) is 0.125. The van der Waals surface area contributed by atoms with Crippen LogP contribution in [0, 0.1) is 26.0 Å². The maximum absolute atomic E-state index is 3.25. The fourth-order valence-electron chi connectivity index (χ4n) is 0.680. The van der Waals surface area contributed by atoms with E-state index in [1.165, 1.54) is 12.2 Å². The van der Waals surface area contributed by atoms with Gasteiger partial charge in [-0.3, -0.25) is 12.2 Å². The van der Waals surface area contributed by atoms with E-state index in [-0.39, 0.29) is 24.8 Å². The summed E-state index contributed by atoms with van der Waals surface area (Å²) in [6.07, 6.45) is 23.0. The molecule has 0 spiro atoms. The summed E-state index contributed by atoms with van der Waals surface area (Å²) in [5.41, 5.74) is 0. The average molecular weight is 407 g/mol. The fourth-order valence-corrected chi connectivity index (χ4v) is 0.680. The molecule has 0 amide bonds. The van der Waals surface area contributed by atoms with Crippen LogP contribution in [0.4, 0.5) is 0 Å². The molecule has 0 bridgehead atoms. The second kappa shape index (κ2) is 42.8. The molecule has 2 aliphatic carbocycles. The molecule has 0 atom stereocenters. The first kappa shape index (κ1) is 32.0. The Balaban J connectivity index is -0.0000000479. The first-order valence-corrected chi connectivity index (χ1v) is 11.3. The molecule has 0 saturated heterocycles. The van der Waals surface area contributed by atoms with Gasteiger partial charge in [0.1, 0.15) is 0 Å². The Morgan fingerprint density at radius 3 is 1.20 bits per heavy atom. The summed E-state index contributed by atoms with van der Waals surface area (Å²) >= 11 is 1.58. The zero-order chi connectivity index (χ0) is 14.5. The van der Waals surface area contributed by atoms with E-state index in [1.54, 1.807) is 23.3 Å². The number of halogens is 2. The van der Waals surface area contributed by atoms with E-state index < -0.39 is 0 Å². The zero-order valence-corrected chi connectivity index (χ0v) is 17.4. The van der Waals surface area contributed by atoms with Crippen molar-refractivity contribution in [1.29, 1.82) is 0 Å². The molecule has 0 radical (unpaired) electrons. The first-order chi connectivity index (χ1) is 8.83. The summed E-state index contributed by atoms with van der Waals surface area (Å²) in [5, 5.41) is 0. The molecule has 20 heavy (non-hydrogen) atoms. The predicted octanol–water partition coefficient (Wildman–Crippen LogP) is 4.55. The molecule has 2 rings (SSSR count). The van der Waals surface area contributed by atoms with E-state index in [9.17, 15) is 0 Å². The van der Waals surface area contributed by atoms with Crippen LogP contribution >= 0.6 is 24.8 Å². The minimum absolute atomic E-state index is 0. The van der Waals surface area contributed by atoms with Gasteiger partial charge in [-0.15, -0.1) is 37.7 Å². The molecule has 0 saturated carbocycles. The molecule has 0 unspecified atom stereocenters. The van der Waals surface area contributed by atoms with Crippen LogP contribution in [0.3, 0.4) is 0 Å². The van der Waals surface area contributed by atoms with Gasteiger partial charge in [0.25, 0.3) is 0 Å². The molecule has 2 aliphatic rings. The Morgan fingerprint density at radius 1 is 0.900 bits per heavy atom. The van der Waals surface area contributed by atoms with Crippen LogP contribution in [0.1, 0.15) is 12.8 Å². The summed E-state index contributed by atoms with van der Waals surface area (Å²) in [6.45, 7) is 15.0. The van der Waals surface area contributed by atoms with Crippen LogP contribution in [0.2, 0.25) is 0 Å². The van der Waals surface area contributed by atoms with Crippen LogP contribution in [0.15, 0.2) is 61.8 Å². The molecule has 4 heteroatoms. The van der Waals surface area contributed by atoms with Crippen LogP contribution in [-0.2, 0) is 23.3 Å². The van der Waals surface area contributed by atoms with E-state index in [2.05, 4.69) is 51.3 Å². The predicted molar refractivity (Wildman–Crippen MR) is 97.3 cm³/mol. The number of hydrogen-bond acceptors (Lipinski definition) is 0. The summed E-state index contributed by atoms with van der Waals surface area (Å²) in [7, 11) is 0. The average Bonchev–Trinajstić information content (AvgIpc) is 3.12. The molecule has 0 heterocycles. The van der Waals surface area contributed by atoms with Crippen molar-refractivity contribution in [2.24, 2.45) is 0 Å². The maximum atomic E-state index is 3.25. The Kier molecular flexibility index (Phi) is 68.4. The molecular formula is C16H24Cl2SiZr-4. The van der Waals surface area contributed by atoms with Crippen LogP contribution < -0.4 is 0 Å². The third-order valence-corrected chi connectivity index (χ3v) is 1.17. The molecule has 114 valence electrons. The van der Waals surface area contributed by atoms with Crippen molar-refractivity contribution in [2.75, 3.05) is 0 Å². The molecule has 0 aliphatic heterocycles. The van der Waals surface area contributed by atoms with Crippen LogP contribution in [-0.4, -0.2) is 6.88 Å². The van der Waals surface area contributed by atoms with Gasteiger partial charge in [0.05, 0.1) is 0 Å². The van der Waals surface area contributed by atoms with Crippen molar-refractivity contribution in [1.82, 2.24) is 0 Å². The Bertz CT molecular complexity index is 234. The van der Waals surface area contributed by atoms with E-state index >= 15 is 0 Å². The third kappa shape index (κ3) is 52.2. The molecule has 0 fully saturated rings. The van der Waals surface area contributed by atoms with Crippen molar-refractivity contribution < 1.29 is 23.3 Å². The standard InChI is InChI=1S/2C5H5.2C3H5.2ClH.H2Si.Zr/c2*1-2-4-5-3-1;2*1-3-2;;;;/h2*1-3H,4H2;2*3H,1-2H2;2*1H;1H2;/q4*-1;;;;. The van der Waals surface area contributed by atoms with Crippen LogP contribution in [0.25, 0.3) is 0 Å². The molecule has 0 aromatic heterocycles. The van der Waals surface area contributed by atoms with Gasteiger partial charge in [-0.1, -0.05) is 0 Å². The van der Waals surface area contributed by atoms with Gasteiger partial charge in [0.15, 0.2) is 0 Å². The van der Waals surface area contributed by atoms with Gasteiger partial charge in [-0.05, 0) is 0 Å². The van der Waals surface area contributed by atoms with Gasteiger partial charge in [-0.2, -0.15) is 12.2 Å². The van der Waals surface area contributed by atoms with E-state index in [0.29, 0.717) is 0 Å². The van der Waals surface area contributed by atoms with Crippen LogP contribution in [0.5, 0.6) is 0 Å². The minimum atomic E-state index is 0. The Labute approximate surface area is 154 Å². The SMILES string of the molecule is C=C[CH2-].C=C[CH2-].Cl.Cl.[C-]1=CC=CC1.[C-]1=CC=CC1.[SiH2]=[Zr]. The van der Waals surface area contributed by atoms with E-state index in [0.717, 1.165) is 12.8 Å². The van der Waals surface area contributed by atoms with Gasteiger partial charge in [0.2, 0.25) is 0 Å². The normalized spacial score (nSPS) is 10.2. The van der Waals surface area contributed by atoms with Crippen molar-refractivity contribution in [3.05, 3.63) is 87.8 Å². The molecule has 0 N–H and O–H groups in total. The van der Waals surface area contributed by atoms with Crippen molar-refractivity contribution >= 4 is 31.7 Å². The summed E-state index contributed by atoms with van der Waals surface area (Å²) in [5.74, 6) is 0. The molecule has 0 aromatic rings. The third-order valence-electron chi connectivity index (χ3n) is 1.17. The number of allylic oxidation sites excluding steroid dienone is 10. The Hall–Kier alpha value is -0.140. The number of rotatable bonds is 0. The summed E-state index contributed by atoms with van der Waals surface area (Å²) < 4.78 is 0. The topological polar surface area (TPSA) is 0 Å². The number of hydrogen-bond donors (Lipinski definition) is 0. The second-order valence-corrected chi connectivity index (χ2v) is 2.58. The van der Waals surface area contributed by atoms with E-state index in [1.807, 2.05) is 31.2 Å². The first-order valence-electron chi connectivity index (χ1n) is 5.42. The summed E-state index contributed by atoms with van der Waals surface area (Å²) in [6, 6.07) is 0. The Morgan fingerprint density at radius 2 is 1.15 bits per heavy atom. The quantitative estimate of drug-likeness (QED) is 0.409. The van der Waals surface area contributed by atoms with E-state index in [4.69, 9.17) is 0 Å². The van der Waals surface area contributed by atoms with Gasteiger partial charge < -0.3 is 0 Å². The molecular weight excluding hydrogens is 382 g/mol. The second-order valence-electron chi connectivity index (χ2n) is 2.58. The van der Waals surface area contributed by atoms with Crippen molar-refractivity contribution in [3.8, 4) is 0 Å². The van der Waals surface area contributed by atoms with Crippen molar-refractivity contribution in [2.45, 2.75) is 12.8 Å². The molecule has 0 nitrogen and oxygen atoms in total. The van der Waals surface area contributed by atoms with Crippen molar-refractivity contribution in [3.63, 3.8) is 0 Å². The monoisotopic (exact) mass is 404 g/mol. The molecule has 0 aromatic carbocycles. The zero-order valence-electron chi connectivity index (χ0n) is 11.9. The van der Waals surface area contributed by atoms with Gasteiger partial charge in [-0.25, -0.2) is 63.5 Å². The summed E-state index contributed by atoms with van der Waals surface area (Å²) in [4.78, 5) is 0. The van der Waals surface area contributed by atoms with Gasteiger partial charge >= 0.3 is 30.2 Å².